The maximum atomic E-state index is 12.7. The lowest BCUT2D eigenvalue weighted by Crippen LogP contribution is -2.51. The van der Waals surface area contributed by atoms with Crippen molar-refractivity contribution in [2.24, 2.45) is 4.99 Å². The molecular formula is C16H26F3N5O2S2. The number of sulfonamides is 1. The first-order chi connectivity index (χ1) is 13.2. The minimum atomic E-state index is -5.25. The third-order valence-electron chi connectivity index (χ3n) is 4.31. The summed E-state index contributed by atoms with van der Waals surface area (Å²) in [6, 6.07) is -0.136. The van der Waals surface area contributed by atoms with Crippen LogP contribution in [0.1, 0.15) is 37.4 Å². The lowest BCUT2D eigenvalue weighted by atomic mass is 10.1. The van der Waals surface area contributed by atoms with Gasteiger partial charge in [-0.2, -0.15) is 17.5 Å². The maximum Gasteiger partial charge on any atom is 0.511 e. The van der Waals surface area contributed by atoms with Gasteiger partial charge in [-0.15, -0.1) is 11.3 Å². The SMILES string of the molecule is CCNC(=NCCc1csc(CC)n1)NC1CCN(S(=O)(=O)C(F)(F)F)CC1. The fourth-order valence-corrected chi connectivity index (χ4v) is 4.57. The molecule has 0 saturated carbocycles. The van der Waals surface area contributed by atoms with Gasteiger partial charge in [0.1, 0.15) is 0 Å². The van der Waals surface area contributed by atoms with Crippen molar-refractivity contribution in [1.82, 2.24) is 19.9 Å². The van der Waals surface area contributed by atoms with Crippen molar-refractivity contribution in [2.45, 2.75) is 51.1 Å². The van der Waals surface area contributed by atoms with Gasteiger partial charge in [-0.3, -0.25) is 4.99 Å². The van der Waals surface area contributed by atoms with Crippen LogP contribution >= 0.6 is 11.3 Å². The quantitative estimate of drug-likeness (QED) is 0.500. The highest BCUT2D eigenvalue weighted by Crippen LogP contribution is 2.28. The van der Waals surface area contributed by atoms with E-state index in [0.29, 0.717) is 29.8 Å². The summed E-state index contributed by atoms with van der Waals surface area (Å²) >= 11 is 1.63. The number of rotatable bonds is 7. The molecule has 2 N–H and O–H groups in total. The van der Waals surface area contributed by atoms with Gasteiger partial charge in [-0.05, 0) is 26.2 Å². The van der Waals surface area contributed by atoms with E-state index in [1.807, 2.05) is 12.3 Å². The molecule has 0 atom stereocenters. The second-order valence-electron chi connectivity index (χ2n) is 6.37. The van der Waals surface area contributed by atoms with Crippen LogP contribution in [0.5, 0.6) is 0 Å². The van der Waals surface area contributed by atoms with E-state index in [4.69, 9.17) is 0 Å². The number of thiazole rings is 1. The van der Waals surface area contributed by atoms with Crippen LogP contribution in [0.15, 0.2) is 10.4 Å². The molecule has 2 heterocycles. The summed E-state index contributed by atoms with van der Waals surface area (Å²) in [7, 11) is -5.25. The third-order valence-corrected chi connectivity index (χ3v) is 6.98. The largest absolute Gasteiger partial charge is 0.511 e. The summed E-state index contributed by atoms with van der Waals surface area (Å²) in [5, 5.41) is 9.40. The Labute approximate surface area is 167 Å². The van der Waals surface area contributed by atoms with Crippen molar-refractivity contribution >= 4 is 27.3 Å². The second kappa shape index (κ2) is 9.88. The van der Waals surface area contributed by atoms with Crippen LogP contribution in [0.3, 0.4) is 0 Å². The van der Waals surface area contributed by atoms with E-state index in [-0.39, 0.29) is 32.0 Å². The molecule has 0 spiro atoms. The molecule has 1 aliphatic rings. The molecule has 1 aromatic heterocycles. The Bertz CT molecular complexity index is 757. The first-order valence-corrected chi connectivity index (χ1v) is 11.5. The first kappa shape index (κ1) is 22.9. The molecule has 7 nitrogen and oxygen atoms in total. The summed E-state index contributed by atoms with van der Waals surface area (Å²) < 4.78 is 61.4. The number of hydrogen-bond acceptors (Lipinski definition) is 5. The highest BCUT2D eigenvalue weighted by molar-refractivity contribution is 7.90. The molecule has 1 aromatic rings. The van der Waals surface area contributed by atoms with Crippen LogP contribution in [0.4, 0.5) is 13.2 Å². The molecule has 2 rings (SSSR count). The summed E-state index contributed by atoms with van der Waals surface area (Å²) in [4.78, 5) is 8.98. The Morgan fingerprint density at radius 2 is 2.04 bits per heavy atom. The number of nitrogens with zero attached hydrogens (tertiary/aromatic N) is 3. The van der Waals surface area contributed by atoms with Crippen LogP contribution in [0.25, 0.3) is 0 Å². The lowest BCUT2D eigenvalue weighted by Gasteiger charge is -2.32. The standard InChI is InChI=1S/C16H26F3N5O2S2/c1-3-14-22-13(11-27-14)5-8-21-15(20-4-2)23-12-6-9-24(10-7-12)28(25,26)16(17,18)19/h11-12H,3-10H2,1-2H3,(H2,20,21,23). The predicted molar refractivity (Wildman–Crippen MR) is 104 cm³/mol. The van der Waals surface area contributed by atoms with Gasteiger partial charge >= 0.3 is 15.5 Å². The number of aromatic nitrogens is 1. The van der Waals surface area contributed by atoms with Crippen molar-refractivity contribution in [3.05, 3.63) is 16.1 Å². The number of halogens is 3. The number of alkyl halides is 3. The Morgan fingerprint density at radius 1 is 1.36 bits per heavy atom. The highest BCUT2D eigenvalue weighted by Gasteiger charge is 2.50. The van der Waals surface area contributed by atoms with E-state index < -0.39 is 15.5 Å². The lowest BCUT2D eigenvalue weighted by molar-refractivity contribution is -0.0494. The highest BCUT2D eigenvalue weighted by atomic mass is 32.2. The molecular weight excluding hydrogens is 415 g/mol. The minimum Gasteiger partial charge on any atom is -0.357 e. The Morgan fingerprint density at radius 3 is 2.57 bits per heavy atom. The zero-order chi connectivity index (χ0) is 20.8. The Kier molecular flexibility index (Phi) is 8.07. The molecule has 0 aromatic carbocycles. The molecule has 28 heavy (non-hydrogen) atoms. The van der Waals surface area contributed by atoms with Gasteiger partial charge < -0.3 is 10.6 Å². The van der Waals surface area contributed by atoms with Crippen molar-refractivity contribution in [1.29, 1.82) is 0 Å². The van der Waals surface area contributed by atoms with Crippen molar-refractivity contribution in [3.8, 4) is 0 Å². The summed E-state index contributed by atoms with van der Waals surface area (Å²) in [6.07, 6.45) is 2.17. The van der Waals surface area contributed by atoms with Crippen molar-refractivity contribution in [3.63, 3.8) is 0 Å². The van der Waals surface area contributed by atoms with Crippen molar-refractivity contribution in [2.75, 3.05) is 26.2 Å². The topological polar surface area (TPSA) is 86.7 Å². The summed E-state index contributed by atoms with van der Waals surface area (Å²) in [6.45, 7) is 4.81. The maximum absolute atomic E-state index is 12.7. The summed E-state index contributed by atoms with van der Waals surface area (Å²) in [5.41, 5.74) is -4.26. The van der Waals surface area contributed by atoms with Gasteiger partial charge in [-0.1, -0.05) is 6.92 Å². The summed E-state index contributed by atoms with van der Waals surface area (Å²) in [5.74, 6) is 0.575. The number of piperidine rings is 1. The molecule has 12 heteroatoms. The number of hydrogen-bond donors (Lipinski definition) is 2. The molecule has 1 fully saturated rings. The van der Waals surface area contributed by atoms with E-state index in [9.17, 15) is 21.6 Å². The van der Waals surface area contributed by atoms with Crippen LogP contribution in [-0.2, 0) is 22.9 Å². The number of guanidine groups is 1. The van der Waals surface area contributed by atoms with Crippen LogP contribution < -0.4 is 10.6 Å². The predicted octanol–water partition coefficient (Wildman–Crippen LogP) is 2.12. The van der Waals surface area contributed by atoms with Crippen molar-refractivity contribution < 1.29 is 21.6 Å². The van der Waals surface area contributed by atoms with Gasteiger partial charge in [0.25, 0.3) is 0 Å². The fourth-order valence-electron chi connectivity index (χ4n) is 2.81. The van der Waals surface area contributed by atoms with Crippen LogP contribution in [-0.4, -0.2) is 61.4 Å². The molecule has 0 amide bonds. The van der Waals surface area contributed by atoms with E-state index >= 15 is 0 Å². The monoisotopic (exact) mass is 441 g/mol. The number of nitrogens with one attached hydrogen (secondary N) is 2. The zero-order valence-corrected chi connectivity index (χ0v) is 17.6. The molecule has 1 saturated heterocycles. The molecule has 0 aliphatic carbocycles. The molecule has 0 radical (unpaired) electrons. The molecule has 1 aliphatic heterocycles. The van der Waals surface area contributed by atoms with Crippen LogP contribution in [0.2, 0.25) is 0 Å². The molecule has 0 bridgehead atoms. The molecule has 160 valence electrons. The average molecular weight is 442 g/mol. The fraction of sp³-hybridized carbons (Fsp3) is 0.750. The number of aryl methyl sites for hydroxylation is 1. The Hall–Kier alpha value is -1.40. The van der Waals surface area contributed by atoms with E-state index in [1.165, 1.54) is 0 Å². The average Bonchev–Trinajstić information content (AvgIpc) is 3.09. The van der Waals surface area contributed by atoms with E-state index in [0.717, 1.165) is 17.1 Å². The van der Waals surface area contributed by atoms with Gasteiger partial charge in [0.2, 0.25) is 0 Å². The third kappa shape index (κ3) is 6.05. The first-order valence-electron chi connectivity index (χ1n) is 9.22. The molecule has 0 unspecified atom stereocenters. The van der Waals surface area contributed by atoms with Gasteiger partial charge in [0.15, 0.2) is 5.96 Å². The minimum absolute atomic E-state index is 0.136. The van der Waals surface area contributed by atoms with E-state index in [1.54, 1.807) is 11.3 Å². The van der Waals surface area contributed by atoms with Gasteiger partial charge in [-0.25, -0.2) is 13.4 Å². The van der Waals surface area contributed by atoms with Crippen LogP contribution in [0, 0.1) is 0 Å². The van der Waals surface area contributed by atoms with E-state index in [2.05, 4.69) is 27.5 Å². The smallest absolute Gasteiger partial charge is 0.357 e. The van der Waals surface area contributed by atoms with Gasteiger partial charge in [0, 0.05) is 44.0 Å². The normalized spacial score (nSPS) is 17.7. The Balaban J connectivity index is 1.87. The second-order valence-corrected chi connectivity index (χ2v) is 9.24. The van der Waals surface area contributed by atoms with Gasteiger partial charge in [0.05, 0.1) is 10.7 Å². The zero-order valence-electron chi connectivity index (χ0n) is 15.9. The number of aliphatic imine (C=N–C) groups is 1.